The molecular formula is C18H26O3. The molecule has 116 valence electrons. The van der Waals surface area contributed by atoms with Gasteiger partial charge in [0, 0.05) is 0 Å². The largest absolute Gasteiger partial charge is 0.496 e. The summed E-state index contributed by atoms with van der Waals surface area (Å²) in [6.07, 6.45) is 6.09. The van der Waals surface area contributed by atoms with E-state index in [-0.39, 0.29) is 6.61 Å². The Hall–Kier alpha value is -1.06. The van der Waals surface area contributed by atoms with Crippen LogP contribution in [0.25, 0.3) is 0 Å². The van der Waals surface area contributed by atoms with Crippen molar-refractivity contribution < 1.29 is 14.9 Å². The van der Waals surface area contributed by atoms with E-state index < -0.39 is 6.10 Å². The van der Waals surface area contributed by atoms with Crippen molar-refractivity contribution in [2.24, 2.45) is 17.8 Å². The number of methoxy groups -OCH3 is 1. The molecule has 0 unspecified atom stereocenters. The third-order valence-electron chi connectivity index (χ3n) is 5.57. The lowest BCUT2D eigenvalue weighted by molar-refractivity contribution is 0.0795. The zero-order chi connectivity index (χ0) is 14.8. The second-order valence-corrected chi connectivity index (χ2v) is 6.68. The van der Waals surface area contributed by atoms with E-state index in [0.717, 1.165) is 43.3 Å². The normalized spacial score (nSPS) is 28.8. The fourth-order valence-electron chi connectivity index (χ4n) is 4.43. The van der Waals surface area contributed by atoms with Crippen LogP contribution >= 0.6 is 0 Å². The molecule has 3 nitrogen and oxygen atoms in total. The molecule has 1 aromatic rings. The van der Waals surface area contributed by atoms with Crippen molar-refractivity contribution in [2.75, 3.05) is 13.7 Å². The summed E-state index contributed by atoms with van der Waals surface area (Å²) >= 11 is 0. The zero-order valence-corrected chi connectivity index (χ0v) is 12.8. The van der Waals surface area contributed by atoms with Gasteiger partial charge in [-0.1, -0.05) is 12.1 Å². The predicted molar refractivity (Wildman–Crippen MR) is 82.4 cm³/mol. The number of rotatable bonds is 5. The lowest BCUT2D eigenvalue weighted by atomic mass is 9.73. The minimum atomic E-state index is -0.542. The van der Waals surface area contributed by atoms with Crippen LogP contribution in [0.15, 0.2) is 18.2 Å². The maximum Gasteiger partial charge on any atom is 0.122 e. The molecule has 1 fully saturated rings. The minimum absolute atomic E-state index is 0.110. The number of fused-ring (bicyclic) bond motifs is 2. The number of aliphatic hydroxyl groups excluding tert-OH is 2. The van der Waals surface area contributed by atoms with Gasteiger partial charge in [0.15, 0.2) is 0 Å². The fourth-order valence-corrected chi connectivity index (χ4v) is 4.43. The molecule has 3 rings (SSSR count). The van der Waals surface area contributed by atoms with Crippen molar-refractivity contribution in [3.63, 3.8) is 0 Å². The molecule has 4 atom stereocenters. The van der Waals surface area contributed by atoms with Gasteiger partial charge in [0.1, 0.15) is 5.75 Å². The van der Waals surface area contributed by atoms with Gasteiger partial charge in [-0.3, -0.25) is 0 Å². The molecule has 3 heteroatoms. The summed E-state index contributed by atoms with van der Waals surface area (Å²) in [5.74, 6) is 3.27. The first kappa shape index (κ1) is 14.9. The summed E-state index contributed by atoms with van der Waals surface area (Å²) in [7, 11) is 1.76. The quantitative estimate of drug-likeness (QED) is 0.876. The molecule has 0 radical (unpaired) electrons. The SMILES string of the molecule is COc1cccc2c1C[C@H]1CC[C@H](CC[C@@H](O)CO)[C@H]1C2. The first-order valence-corrected chi connectivity index (χ1v) is 8.16. The highest BCUT2D eigenvalue weighted by molar-refractivity contribution is 5.42. The Morgan fingerprint density at radius 2 is 2.14 bits per heavy atom. The Morgan fingerprint density at radius 3 is 2.90 bits per heavy atom. The van der Waals surface area contributed by atoms with E-state index >= 15 is 0 Å². The molecule has 0 bridgehead atoms. The van der Waals surface area contributed by atoms with Crippen molar-refractivity contribution >= 4 is 0 Å². The Morgan fingerprint density at radius 1 is 1.29 bits per heavy atom. The Kier molecular flexibility index (Phi) is 4.51. The maximum atomic E-state index is 9.57. The number of benzene rings is 1. The van der Waals surface area contributed by atoms with Gasteiger partial charge in [-0.2, -0.15) is 0 Å². The lowest BCUT2D eigenvalue weighted by Crippen LogP contribution is -2.26. The van der Waals surface area contributed by atoms with Gasteiger partial charge < -0.3 is 14.9 Å². The van der Waals surface area contributed by atoms with Gasteiger partial charge in [0.25, 0.3) is 0 Å². The molecule has 21 heavy (non-hydrogen) atoms. The highest BCUT2D eigenvalue weighted by Crippen LogP contribution is 2.48. The molecule has 2 aliphatic rings. The molecular weight excluding hydrogens is 264 g/mol. The van der Waals surface area contributed by atoms with Gasteiger partial charge in [-0.05, 0) is 73.5 Å². The summed E-state index contributed by atoms with van der Waals surface area (Å²) in [6.45, 7) is -0.110. The number of hydrogen-bond donors (Lipinski definition) is 2. The topological polar surface area (TPSA) is 49.7 Å². The van der Waals surface area contributed by atoms with E-state index in [1.54, 1.807) is 7.11 Å². The molecule has 0 aliphatic heterocycles. The van der Waals surface area contributed by atoms with Crippen LogP contribution in [0.5, 0.6) is 5.75 Å². The molecule has 1 saturated carbocycles. The number of hydrogen-bond acceptors (Lipinski definition) is 3. The smallest absolute Gasteiger partial charge is 0.122 e. The minimum Gasteiger partial charge on any atom is -0.496 e. The van der Waals surface area contributed by atoms with Crippen molar-refractivity contribution in [1.82, 2.24) is 0 Å². The van der Waals surface area contributed by atoms with Crippen molar-refractivity contribution in [2.45, 2.75) is 44.6 Å². The van der Waals surface area contributed by atoms with Crippen LogP contribution < -0.4 is 4.74 Å². The molecule has 1 aromatic carbocycles. The van der Waals surface area contributed by atoms with Crippen LogP contribution in [-0.4, -0.2) is 30.0 Å². The van der Waals surface area contributed by atoms with E-state index in [0.29, 0.717) is 5.92 Å². The van der Waals surface area contributed by atoms with Crippen LogP contribution in [0.1, 0.15) is 36.8 Å². The maximum absolute atomic E-state index is 9.57. The standard InChI is InChI=1S/C18H26O3/c1-21-18-4-2-3-13-9-16-12(7-8-15(20)11-19)5-6-14(16)10-17(13)18/h2-4,12,14-16,19-20H,5-11H2,1H3/t12-,14-,15-,16-/m1/s1. The number of ether oxygens (including phenoxy) is 1. The van der Waals surface area contributed by atoms with E-state index in [2.05, 4.69) is 18.2 Å². The summed E-state index contributed by atoms with van der Waals surface area (Å²) in [4.78, 5) is 0. The summed E-state index contributed by atoms with van der Waals surface area (Å²) < 4.78 is 5.52. The van der Waals surface area contributed by atoms with E-state index in [9.17, 15) is 5.11 Å². The molecule has 0 spiro atoms. The summed E-state index contributed by atoms with van der Waals surface area (Å²) in [5, 5.41) is 18.5. The highest BCUT2D eigenvalue weighted by atomic mass is 16.5. The predicted octanol–water partition coefficient (Wildman–Crippen LogP) is 2.57. The van der Waals surface area contributed by atoms with Gasteiger partial charge in [0.05, 0.1) is 19.8 Å². The molecule has 0 heterocycles. The van der Waals surface area contributed by atoms with Gasteiger partial charge in [-0.15, -0.1) is 0 Å². The monoisotopic (exact) mass is 290 g/mol. The molecule has 0 amide bonds. The van der Waals surface area contributed by atoms with Crippen molar-refractivity contribution in [3.8, 4) is 5.75 Å². The Bertz CT molecular complexity index is 485. The van der Waals surface area contributed by atoms with Gasteiger partial charge >= 0.3 is 0 Å². The van der Waals surface area contributed by atoms with E-state index in [1.807, 2.05) is 0 Å². The highest BCUT2D eigenvalue weighted by Gasteiger charge is 2.39. The van der Waals surface area contributed by atoms with Crippen molar-refractivity contribution in [3.05, 3.63) is 29.3 Å². The van der Waals surface area contributed by atoms with Crippen LogP contribution in [-0.2, 0) is 12.8 Å². The fraction of sp³-hybridized carbons (Fsp3) is 0.667. The second kappa shape index (κ2) is 6.37. The van der Waals surface area contributed by atoms with E-state index in [4.69, 9.17) is 9.84 Å². The second-order valence-electron chi connectivity index (χ2n) is 6.68. The van der Waals surface area contributed by atoms with Crippen LogP contribution in [0, 0.1) is 17.8 Å². The first-order valence-electron chi connectivity index (χ1n) is 8.16. The average molecular weight is 290 g/mol. The Balaban J connectivity index is 1.71. The third kappa shape index (κ3) is 2.95. The lowest BCUT2D eigenvalue weighted by Gasteiger charge is -2.32. The molecule has 2 aliphatic carbocycles. The van der Waals surface area contributed by atoms with Crippen LogP contribution in [0.2, 0.25) is 0 Å². The molecule has 0 aromatic heterocycles. The van der Waals surface area contributed by atoms with Crippen LogP contribution in [0.3, 0.4) is 0 Å². The zero-order valence-electron chi connectivity index (χ0n) is 12.8. The van der Waals surface area contributed by atoms with Crippen LogP contribution in [0.4, 0.5) is 0 Å². The molecule has 0 saturated heterocycles. The number of aliphatic hydroxyl groups is 2. The third-order valence-corrected chi connectivity index (χ3v) is 5.57. The van der Waals surface area contributed by atoms with E-state index in [1.165, 1.54) is 24.0 Å². The Labute approximate surface area is 127 Å². The molecule has 2 N–H and O–H groups in total. The van der Waals surface area contributed by atoms with Crippen molar-refractivity contribution in [1.29, 1.82) is 0 Å². The summed E-state index contributed by atoms with van der Waals surface area (Å²) in [6, 6.07) is 6.41. The van der Waals surface area contributed by atoms with Gasteiger partial charge in [-0.25, -0.2) is 0 Å². The summed E-state index contributed by atoms with van der Waals surface area (Å²) in [5.41, 5.74) is 2.86. The first-order chi connectivity index (χ1) is 10.2. The van der Waals surface area contributed by atoms with Gasteiger partial charge in [0.2, 0.25) is 0 Å². The average Bonchev–Trinajstić information content (AvgIpc) is 2.91.